The van der Waals surface area contributed by atoms with E-state index in [9.17, 15) is 8.42 Å². The van der Waals surface area contributed by atoms with E-state index in [2.05, 4.69) is 34.1 Å². The first-order chi connectivity index (χ1) is 11.5. The van der Waals surface area contributed by atoms with E-state index < -0.39 is 10.0 Å². The first-order valence-electron chi connectivity index (χ1n) is 8.52. The molecule has 1 aromatic heterocycles. The Bertz CT molecular complexity index is 794. The van der Waals surface area contributed by atoms with E-state index >= 15 is 0 Å². The zero-order valence-electron chi connectivity index (χ0n) is 14.4. The predicted molar refractivity (Wildman–Crippen MR) is 97.3 cm³/mol. The highest BCUT2D eigenvalue weighted by Gasteiger charge is 2.28. The molecule has 1 aliphatic heterocycles. The number of rotatable bonds is 5. The van der Waals surface area contributed by atoms with Gasteiger partial charge in [-0.3, -0.25) is 9.88 Å². The Balaban J connectivity index is 1.65. The Labute approximate surface area is 144 Å². The topological polar surface area (TPSA) is 53.5 Å². The van der Waals surface area contributed by atoms with Gasteiger partial charge in [0.25, 0.3) is 0 Å². The molecule has 5 nitrogen and oxygen atoms in total. The van der Waals surface area contributed by atoms with Gasteiger partial charge in [0.1, 0.15) is 0 Å². The Morgan fingerprint density at radius 1 is 1.21 bits per heavy atom. The fourth-order valence-electron chi connectivity index (χ4n) is 3.41. The number of hydrogen-bond donors (Lipinski definition) is 0. The third-order valence-electron chi connectivity index (χ3n) is 4.99. The van der Waals surface area contributed by atoms with Crippen LogP contribution in [0.25, 0.3) is 10.9 Å². The molecular weight excluding hydrogens is 322 g/mol. The minimum absolute atomic E-state index is 0.122. The third kappa shape index (κ3) is 3.61. The summed E-state index contributed by atoms with van der Waals surface area (Å²) in [4.78, 5) is 6.91. The Morgan fingerprint density at radius 2 is 1.92 bits per heavy atom. The maximum Gasteiger partial charge on any atom is 0.213 e. The van der Waals surface area contributed by atoms with Crippen molar-refractivity contribution in [1.29, 1.82) is 0 Å². The summed E-state index contributed by atoms with van der Waals surface area (Å²) >= 11 is 0. The second-order valence-electron chi connectivity index (χ2n) is 6.42. The highest BCUT2D eigenvalue weighted by atomic mass is 32.2. The fraction of sp³-hybridized carbons (Fsp3) is 0.500. The molecule has 130 valence electrons. The number of likely N-dealkylation sites (tertiary alicyclic amines) is 1. The average Bonchev–Trinajstić information content (AvgIpc) is 2.62. The number of benzene rings is 1. The van der Waals surface area contributed by atoms with E-state index in [4.69, 9.17) is 0 Å². The molecule has 1 aliphatic rings. The number of aromatic nitrogens is 1. The lowest BCUT2D eigenvalue weighted by Crippen LogP contribution is -2.45. The molecule has 1 saturated heterocycles. The standard InChI is InChI=1S/C18H25N3O2S/c1-3-24(22,23)20(2)17-9-12-21(13-10-17)14-16-7-4-6-15-8-5-11-19-18(15)16/h4-8,11,17H,3,9-10,12-14H2,1-2H3. The van der Waals surface area contributed by atoms with Crippen LogP contribution >= 0.6 is 0 Å². The second kappa shape index (κ2) is 7.17. The van der Waals surface area contributed by atoms with Crippen molar-refractivity contribution in [3.05, 3.63) is 42.1 Å². The monoisotopic (exact) mass is 347 g/mol. The van der Waals surface area contributed by atoms with Crippen LogP contribution in [0.2, 0.25) is 0 Å². The quantitative estimate of drug-likeness (QED) is 0.834. The number of hydrogen-bond acceptors (Lipinski definition) is 4. The smallest absolute Gasteiger partial charge is 0.213 e. The van der Waals surface area contributed by atoms with Gasteiger partial charge in [-0.15, -0.1) is 0 Å². The van der Waals surface area contributed by atoms with Crippen molar-refractivity contribution in [3.8, 4) is 0 Å². The van der Waals surface area contributed by atoms with Crippen LogP contribution in [-0.4, -0.2) is 54.5 Å². The number of pyridine rings is 1. The Morgan fingerprint density at radius 3 is 2.62 bits per heavy atom. The van der Waals surface area contributed by atoms with Gasteiger partial charge in [0.05, 0.1) is 11.3 Å². The van der Waals surface area contributed by atoms with Crippen LogP contribution in [0.1, 0.15) is 25.3 Å². The van der Waals surface area contributed by atoms with Gasteiger partial charge in [-0.1, -0.05) is 24.3 Å². The maximum absolute atomic E-state index is 12.0. The van der Waals surface area contributed by atoms with Crippen LogP contribution < -0.4 is 0 Å². The number of sulfonamides is 1. The molecule has 2 aromatic rings. The lowest BCUT2D eigenvalue weighted by atomic mass is 10.0. The van der Waals surface area contributed by atoms with E-state index in [1.54, 1.807) is 18.3 Å². The molecule has 0 atom stereocenters. The van der Waals surface area contributed by atoms with E-state index in [1.165, 1.54) is 10.9 Å². The van der Waals surface area contributed by atoms with Crippen LogP contribution in [0, 0.1) is 0 Å². The minimum atomic E-state index is -3.10. The predicted octanol–water partition coefficient (Wildman–Crippen LogP) is 2.48. The molecule has 0 spiro atoms. The largest absolute Gasteiger partial charge is 0.299 e. The fourth-order valence-corrected chi connectivity index (χ4v) is 4.48. The van der Waals surface area contributed by atoms with Crippen molar-refractivity contribution in [2.75, 3.05) is 25.9 Å². The van der Waals surface area contributed by atoms with Gasteiger partial charge in [0.15, 0.2) is 0 Å². The van der Waals surface area contributed by atoms with Crippen molar-refractivity contribution < 1.29 is 8.42 Å². The van der Waals surface area contributed by atoms with Gasteiger partial charge in [0.2, 0.25) is 10.0 Å². The van der Waals surface area contributed by atoms with E-state index in [0.29, 0.717) is 0 Å². The molecule has 0 bridgehead atoms. The summed E-state index contributed by atoms with van der Waals surface area (Å²) < 4.78 is 25.6. The van der Waals surface area contributed by atoms with Gasteiger partial charge in [-0.2, -0.15) is 0 Å². The summed E-state index contributed by atoms with van der Waals surface area (Å²) in [5.41, 5.74) is 2.30. The number of para-hydroxylation sites is 1. The van der Waals surface area contributed by atoms with E-state index in [-0.39, 0.29) is 11.8 Å². The number of fused-ring (bicyclic) bond motifs is 1. The second-order valence-corrected chi connectivity index (χ2v) is 8.73. The van der Waals surface area contributed by atoms with Gasteiger partial charge in [-0.25, -0.2) is 12.7 Å². The molecule has 2 heterocycles. The van der Waals surface area contributed by atoms with E-state index in [1.807, 2.05) is 12.3 Å². The lowest BCUT2D eigenvalue weighted by Gasteiger charge is -2.36. The van der Waals surface area contributed by atoms with Crippen LogP contribution in [0.5, 0.6) is 0 Å². The van der Waals surface area contributed by atoms with Gasteiger partial charge in [-0.05, 0) is 31.4 Å². The molecule has 1 fully saturated rings. The molecule has 1 aromatic carbocycles. The summed E-state index contributed by atoms with van der Waals surface area (Å²) in [6.45, 7) is 4.40. The normalized spacial score (nSPS) is 17.6. The Kier molecular flexibility index (Phi) is 5.18. The summed E-state index contributed by atoms with van der Waals surface area (Å²) in [6.07, 6.45) is 3.60. The number of piperidine rings is 1. The SMILES string of the molecule is CCS(=O)(=O)N(C)C1CCN(Cc2cccc3cccnc23)CC1. The summed E-state index contributed by atoms with van der Waals surface area (Å²) in [5, 5.41) is 1.17. The van der Waals surface area contributed by atoms with Crippen LogP contribution in [0.4, 0.5) is 0 Å². The minimum Gasteiger partial charge on any atom is -0.299 e. The molecule has 0 radical (unpaired) electrons. The molecule has 0 amide bonds. The van der Waals surface area contributed by atoms with Crippen molar-refractivity contribution in [3.63, 3.8) is 0 Å². The molecule has 0 N–H and O–H groups in total. The highest BCUT2D eigenvalue weighted by molar-refractivity contribution is 7.89. The van der Waals surface area contributed by atoms with Crippen molar-refractivity contribution in [2.45, 2.75) is 32.4 Å². The molecule has 3 rings (SSSR count). The molecule has 0 aliphatic carbocycles. The summed E-state index contributed by atoms with van der Waals surface area (Å²) in [5.74, 6) is 0.172. The molecule has 0 unspecified atom stereocenters. The highest BCUT2D eigenvalue weighted by Crippen LogP contribution is 2.22. The maximum atomic E-state index is 12.0. The Hall–Kier alpha value is -1.50. The first kappa shape index (κ1) is 17.3. The molecular formula is C18H25N3O2S. The average molecular weight is 347 g/mol. The first-order valence-corrected chi connectivity index (χ1v) is 10.1. The third-order valence-corrected chi connectivity index (χ3v) is 6.89. The zero-order chi connectivity index (χ0) is 17.2. The van der Waals surface area contributed by atoms with Crippen molar-refractivity contribution >= 4 is 20.9 Å². The van der Waals surface area contributed by atoms with Gasteiger partial charge in [0, 0.05) is 44.3 Å². The number of nitrogens with zero attached hydrogens (tertiary/aromatic N) is 3. The van der Waals surface area contributed by atoms with Gasteiger partial charge < -0.3 is 0 Å². The molecule has 0 saturated carbocycles. The molecule has 24 heavy (non-hydrogen) atoms. The molecule has 6 heteroatoms. The zero-order valence-corrected chi connectivity index (χ0v) is 15.2. The van der Waals surface area contributed by atoms with Crippen molar-refractivity contribution in [1.82, 2.24) is 14.2 Å². The summed E-state index contributed by atoms with van der Waals surface area (Å²) in [6, 6.07) is 10.5. The van der Waals surface area contributed by atoms with Crippen molar-refractivity contribution in [2.24, 2.45) is 0 Å². The van der Waals surface area contributed by atoms with Crippen LogP contribution in [0.15, 0.2) is 36.5 Å². The summed E-state index contributed by atoms with van der Waals surface area (Å²) in [7, 11) is -1.38. The van der Waals surface area contributed by atoms with Gasteiger partial charge >= 0.3 is 0 Å². The van der Waals surface area contributed by atoms with Crippen LogP contribution in [-0.2, 0) is 16.6 Å². The lowest BCUT2D eigenvalue weighted by molar-refractivity contribution is 0.164. The van der Waals surface area contributed by atoms with Crippen LogP contribution in [0.3, 0.4) is 0 Å². The van der Waals surface area contributed by atoms with E-state index in [0.717, 1.165) is 38.0 Å².